The first-order valence-corrected chi connectivity index (χ1v) is 7.30. The van der Waals surface area contributed by atoms with Gasteiger partial charge in [-0.05, 0) is 30.3 Å². The van der Waals surface area contributed by atoms with Crippen LogP contribution in [0.25, 0.3) is 11.6 Å². The highest BCUT2D eigenvalue weighted by atomic mass is 19.4. The van der Waals surface area contributed by atoms with Crippen molar-refractivity contribution in [2.75, 3.05) is 19.5 Å². The second kappa shape index (κ2) is 6.16. The lowest BCUT2D eigenvalue weighted by Crippen LogP contribution is -2.06. The van der Waals surface area contributed by atoms with Crippen molar-refractivity contribution in [3.05, 3.63) is 53.1 Å². The van der Waals surface area contributed by atoms with Gasteiger partial charge in [-0.2, -0.15) is 13.2 Å². The highest BCUT2D eigenvalue weighted by molar-refractivity contribution is 6.35. The number of fused-ring (bicyclic) bond motifs is 1. The van der Waals surface area contributed by atoms with Crippen LogP contribution in [0.4, 0.5) is 18.9 Å². The van der Waals surface area contributed by atoms with E-state index in [1.165, 1.54) is 20.3 Å². The summed E-state index contributed by atoms with van der Waals surface area (Å²) in [5.74, 6) is 0.609. The van der Waals surface area contributed by atoms with E-state index in [2.05, 4.69) is 5.32 Å². The number of benzene rings is 2. The first kappa shape index (κ1) is 16.9. The number of carbonyl (C=O) groups excluding carboxylic acids is 1. The summed E-state index contributed by atoms with van der Waals surface area (Å²) in [5, 5.41) is 2.47. The van der Waals surface area contributed by atoms with E-state index in [0.29, 0.717) is 22.6 Å². The zero-order valence-corrected chi connectivity index (χ0v) is 13.4. The quantitative estimate of drug-likeness (QED) is 0.844. The molecule has 2 aromatic carbocycles. The summed E-state index contributed by atoms with van der Waals surface area (Å²) in [7, 11) is 3.00. The van der Waals surface area contributed by atoms with Crippen molar-refractivity contribution < 1.29 is 27.4 Å². The molecule has 0 atom stereocenters. The van der Waals surface area contributed by atoms with Gasteiger partial charge in [-0.25, -0.2) is 0 Å². The normalized spacial score (nSPS) is 15.1. The summed E-state index contributed by atoms with van der Waals surface area (Å²) in [5.41, 5.74) is 0.623. The number of halogens is 3. The van der Waals surface area contributed by atoms with Gasteiger partial charge in [-0.15, -0.1) is 0 Å². The molecule has 0 saturated carbocycles. The van der Waals surface area contributed by atoms with Gasteiger partial charge in [0.2, 0.25) is 0 Å². The maximum atomic E-state index is 12.8. The first-order valence-electron chi connectivity index (χ1n) is 7.30. The molecule has 3 rings (SSSR count). The fourth-order valence-corrected chi connectivity index (χ4v) is 2.61. The molecule has 0 saturated heterocycles. The molecular formula is C18H14F3NO3. The third-order valence-corrected chi connectivity index (χ3v) is 3.87. The van der Waals surface area contributed by atoms with E-state index in [9.17, 15) is 18.0 Å². The fourth-order valence-electron chi connectivity index (χ4n) is 2.61. The van der Waals surface area contributed by atoms with Crippen molar-refractivity contribution in [2.24, 2.45) is 0 Å². The Morgan fingerprint density at radius 1 is 1.04 bits per heavy atom. The van der Waals surface area contributed by atoms with Crippen molar-refractivity contribution in [3.63, 3.8) is 0 Å². The molecule has 0 aromatic heterocycles. The van der Waals surface area contributed by atoms with E-state index in [0.717, 1.165) is 12.1 Å². The Balaban J connectivity index is 2.06. The molecule has 0 aliphatic carbocycles. The summed E-state index contributed by atoms with van der Waals surface area (Å²) in [6.45, 7) is 0. The summed E-state index contributed by atoms with van der Waals surface area (Å²) in [4.78, 5) is 12.2. The number of carbonyl (C=O) groups is 1. The molecule has 4 nitrogen and oxygen atoms in total. The highest BCUT2D eigenvalue weighted by Crippen LogP contribution is 2.39. The minimum Gasteiger partial charge on any atom is -0.497 e. The van der Waals surface area contributed by atoms with E-state index in [1.54, 1.807) is 24.3 Å². The van der Waals surface area contributed by atoms with Gasteiger partial charge in [-0.1, -0.05) is 6.07 Å². The number of amides is 1. The van der Waals surface area contributed by atoms with Crippen molar-refractivity contribution in [2.45, 2.75) is 6.18 Å². The number of hydrogen-bond donors (Lipinski definition) is 1. The molecular weight excluding hydrogens is 335 g/mol. The molecule has 1 aliphatic rings. The Hall–Kier alpha value is -2.96. The molecule has 1 N–H and O–H groups in total. The van der Waals surface area contributed by atoms with Crippen LogP contribution in [-0.2, 0) is 11.0 Å². The summed E-state index contributed by atoms with van der Waals surface area (Å²) < 4.78 is 48.8. The van der Waals surface area contributed by atoms with E-state index in [4.69, 9.17) is 9.47 Å². The number of rotatable bonds is 3. The third-order valence-electron chi connectivity index (χ3n) is 3.87. The number of methoxy groups -OCH3 is 2. The average molecular weight is 349 g/mol. The molecule has 2 aromatic rings. The smallest absolute Gasteiger partial charge is 0.416 e. The molecule has 25 heavy (non-hydrogen) atoms. The van der Waals surface area contributed by atoms with Gasteiger partial charge in [-0.3, -0.25) is 4.79 Å². The standard InChI is InChI=1S/C18H14F3NO3/c1-24-12-5-3-10(16(9-12)25-2)7-14-13-6-4-11(18(19,20)21)8-15(13)22-17(14)23/h3-9H,1-2H3,(H,22,23)/b14-7+. The first-order chi connectivity index (χ1) is 11.8. The van der Waals surface area contributed by atoms with Crippen LogP contribution in [0.3, 0.4) is 0 Å². The van der Waals surface area contributed by atoms with E-state index >= 15 is 0 Å². The van der Waals surface area contributed by atoms with Crippen LogP contribution < -0.4 is 14.8 Å². The predicted molar refractivity (Wildman–Crippen MR) is 87.5 cm³/mol. The lowest BCUT2D eigenvalue weighted by atomic mass is 10.0. The second-order valence-corrected chi connectivity index (χ2v) is 5.38. The van der Waals surface area contributed by atoms with Gasteiger partial charge >= 0.3 is 6.18 Å². The number of alkyl halides is 3. The highest BCUT2D eigenvalue weighted by Gasteiger charge is 2.33. The monoisotopic (exact) mass is 349 g/mol. The van der Waals surface area contributed by atoms with Crippen LogP contribution in [-0.4, -0.2) is 20.1 Å². The summed E-state index contributed by atoms with van der Waals surface area (Å²) in [6, 6.07) is 8.25. The Bertz CT molecular complexity index is 872. The molecule has 130 valence electrons. The van der Waals surface area contributed by atoms with Gasteiger partial charge in [0, 0.05) is 28.5 Å². The SMILES string of the molecule is COc1ccc(/C=C2/C(=O)Nc3cc(C(F)(F)F)ccc32)c(OC)c1. The molecule has 1 amide bonds. The van der Waals surface area contributed by atoms with Gasteiger partial charge < -0.3 is 14.8 Å². The molecule has 7 heteroatoms. The minimum atomic E-state index is -4.47. The number of nitrogens with one attached hydrogen (secondary N) is 1. The summed E-state index contributed by atoms with van der Waals surface area (Å²) >= 11 is 0. The molecule has 0 radical (unpaired) electrons. The van der Waals surface area contributed by atoms with E-state index in [-0.39, 0.29) is 11.3 Å². The molecule has 0 unspecified atom stereocenters. The lowest BCUT2D eigenvalue weighted by molar-refractivity contribution is -0.137. The fraction of sp³-hybridized carbons (Fsp3) is 0.167. The van der Waals surface area contributed by atoms with Gasteiger partial charge in [0.05, 0.1) is 19.8 Å². The predicted octanol–water partition coefficient (Wildman–Crippen LogP) is 4.22. The third kappa shape index (κ3) is 3.17. The van der Waals surface area contributed by atoms with Crippen LogP contribution in [0.1, 0.15) is 16.7 Å². The van der Waals surface area contributed by atoms with Crippen molar-refractivity contribution in [3.8, 4) is 11.5 Å². The molecule has 1 aliphatic heterocycles. The number of ether oxygens (including phenoxy) is 2. The maximum absolute atomic E-state index is 12.8. The number of anilines is 1. The van der Waals surface area contributed by atoms with Crippen LogP contribution >= 0.6 is 0 Å². The molecule has 0 fully saturated rings. The topological polar surface area (TPSA) is 47.6 Å². The zero-order chi connectivity index (χ0) is 18.2. The van der Waals surface area contributed by atoms with Crippen molar-refractivity contribution in [1.82, 2.24) is 0 Å². The molecule has 0 bridgehead atoms. The van der Waals surface area contributed by atoms with Crippen LogP contribution in [0.5, 0.6) is 11.5 Å². The Kier molecular flexibility index (Phi) is 4.16. The Morgan fingerprint density at radius 3 is 2.44 bits per heavy atom. The van der Waals surface area contributed by atoms with Crippen molar-refractivity contribution in [1.29, 1.82) is 0 Å². The van der Waals surface area contributed by atoms with Gasteiger partial charge in [0.25, 0.3) is 5.91 Å². The van der Waals surface area contributed by atoms with E-state index < -0.39 is 17.6 Å². The van der Waals surface area contributed by atoms with Gasteiger partial charge in [0.1, 0.15) is 11.5 Å². The lowest BCUT2D eigenvalue weighted by Gasteiger charge is -2.09. The van der Waals surface area contributed by atoms with Crippen molar-refractivity contribution >= 4 is 23.2 Å². The van der Waals surface area contributed by atoms with Gasteiger partial charge in [0.15, 0.2) is 0 Å². The molecule has 1 heterocycles. The van der Waals surface area contributed by atoms with Crippen LogP contribution in [0.2, 0.25) is 0 Å². The summed E-state index contributed by atoms with van der Waals surface area (Å²) in [6.07, 6.45) is -2.89. The minimum absolute atomic E-state index is 0.138. The van der Waals surface area contributed by atoms with Crippen LogP contribution in [0.15, 0.2) is 36.4 Å². The largest absolute Gasteiger partial charge is 0.497 e. The average Bonchev–Trinajstić information content (AvgIpc) is 2.89. The van der Waals surface area contributed by atoms with E-state index in [1.807, 2.05) is 0 Å². The maximum Gasteiger partial charge on any atom is 0.416 e. The Labute approximate surface area is 141 Å². The zero-order valence-electron chi connectivity index (χ0n) is 13.4. The Morgan fingerprint density at radius 2 is 1.80 bits per heavy atom. The van der Waals surface area contributed by atoms with Crippen LogP contribution in [0, 0.1) is 0 Å². The second-order valence-electron chi connectivity index (χ2n) is 5.38. The molecule has 0 spiro atoms. The number of hydrogen-bond acceptors (Lipinski definition) is 3.